The molecule has 0 spiro atoms. The molecule has 0 bridgehead atoms. The van der Waals surface area contributed by atoms with Gasteiger partial charge in [-0.2, -0.15) is 5.10 Å². The number of hydrogen-bond acceptors (Lipinski definition) is 4. The van der Waals surface area contributed by atoms with Gasteiger partial charge in [0.15, 0.2) is 5.69 Å². The van der Waals surface area contributed by atoms with Gasteiger partial charge in [-0.15, -0.1) is 0 Å². The number of carbonyl (C=O) groups excluding carboxylic acids is 2. The molecule has 1 saturated carbocycles. The summed E-state index contributed by atoms with van der Waals surface area (Å²) in [6, 6.07) is 5.17. The van der Waals surface area contributed by atoms with E-state index in [-0.39, 0.29) is 28.4 Å². The highest BCUT2D eigenvalue weighted by atomic mass is 35.5. The summed E-state index contributed by atoms with van der Waals surface area (Å²) in [6.07, 6.45) is 0. The Labute approximate surface area is 166 Å². The van der Waals surface area contributed by atoms with Gasteiger partial charge >= 0.3 is 0 Å². The Morgan fingerprint density at radius 1 is 1.25 bits per heavy atom. The molecule has 2 aromatic rings. The number of ether oxygens (including phenoxy) is 1. The maximum atomic E-state index is 13.8. The van der Waals surface area contributed by atoms with Crippen molar-refractivity contribution in [1.82, 2.24) is 20.4 Å². The van der Waals surface area contributed by atoms with Gasteiger partial charge in [0.25, 0.3) is 11.8 Å². The van der Waals surface area contributed by atoms with Crippen LogP contribution < -0.4 is 10.6 Å². The van der Waals surface area contributed by atoms with Gasteiger partial charge in [-0.25, -0.2) is 4.39 Å². The standard InChI is InChI=1S/C19H20ClFN4O3/c1-9(10-3-11(20)5-12(21)4-10)25-16(6-15(24-25)18(26)22-2)19(27)23-17-13-7-28-8-14(13)17/h3-6,9,13-14,17H,7-8H2,1-2H3,(H,22,26)(H,23,27)/t9-,13-,14+,17+/m1/s1. The van der Waals surface area contributed by atoms with E-state index in [4.69, 9.17) is 16.3 Å². The van der Waals surface area contributed by atoms with Gasteiger partial charge in [0.1, 0.15) is 11.5 Å². The molecule has 0 unspecified atom stereocenters. The molecule has 9 heteroatoms. The highest BCUT2D eigenvalue weighted by Crippen LogP contribution is 2.44. The van der Waals surface area contributed by atoms with Crippen LogP contribution in [-0.4, -0.2) is 47.9 Å². The van der Waals surface area contributed by atoms with Crippen molar-refractivity contribution < 1.29 is 18.7 Å². The first-order chi connectivity index (χ1) is 13.4. The average molecular weight is 407 g/mol. The SMILES string of the molecule is CNC(=O)c1cc(C(=O)N[C@H]2[C@@H]3COC[C@@H]32)n([C@H](C)c2cc(F)cc(Cl)c2)n1. The van der Waals surface area contributed by atoms with Crippen molar-refractivity contribution in [2.24, 2.45) is 11.8 Å². The van der Waals surface area contributed by atoms with Crippen LogP contribution in [0.2, 0.25) is 5.02 Å². The molecule has 0 radical (unpaired) electrons. The minimum atomic E-state index is -0.505. The molecule has 1 aliphatic heterocycles. The van der Waals surface area contributed by atoms with Crippen LogP contribution in [0.1, 0.15) is 39.5 Å². The van der Waals surface area contributed by atoms with Crippen LogP contribution in [0.3, 0.4) is 0 Å². The average Bonchev–Trinajstić information content (AvgIpc) is 3.07. The zero-order valence-electron chi connectivity index (χ0n) is 15.4. The summed E-state index contributed by atoms with van der Waals surface area (Å²) in [5, 5.41) is 10.0. The van der Waals surface area contributed by atoms with Gasteiger partial charge in [-0.3, -0.25) is 14.3 Å². The molecule has 1 aliphatic carbocycles. The van der Waals surface area contributed by atoms with Crippen LogP contribution in [0.5, 0.6) is 0 Å². The van der Waals surface area contributed by atoms with E-state index in [9.17, 15) is 14.0 Å². The molecule has 7 nitrogen and oxygen atoms in total. The minimum Gasteiger partial charge on any atom is -0.381 e. The Hall–Kier alpha value is -2.45. The third-order valence-corrected chi connectivity index (χ3v) is 5.63. The number of rotatable bonds is 5. The summed E-state index contributed by atoms with van der Waals surface area (Å²) in [7, 11) is 1.49. The number of halogens is 2. The highest BCUT2D eigenvalue weighted by molar-refractivity contribution is 6.30. The zero-order chi connectivity index (χ0) is 20.0. The van der Waals surface area contributed by atoms with E-state index in [2.05, 4.69) is 15.7 Å². The quantitative estimate of drug-likeness (QED) is 0.795. The molecule has 2 aliphatic rings. The number of hydrogen-bond donors (Lipinski definition) is 2. The molecule has 1 aromatic heterocycles. The largest absolute Gasteiger partial charge is 0.381 e. The molecule has 1 saturated heterocycles. The monoisotopic (exact) mass is 406 g/mol. The van der Waals surface area contributed by atoms with Gasteiger partial charge in [-0.05, 0) is 30.7 Å². The van der Waals surface area contributed by atoms with Crippen molar-refractivity contribution in [2.45, 2.75) is 19.0 Å². The fourth-order valence-corrected chi connectivity index (χ4v) is 3.97. The predicted octanol–water partition coefficient (Wildman–Crippen LogP) is 2.02. The van der Waals surface area contributed by atoms with Gasteiger partial charge in [-0.1, -0.05) is 11.6 Å². The van der Waals surface area contributed by atoms with Crippen molar-refractivity contribution in [3.8, 4) is 0 Å². The second-order valence-electron chi connectivity index (χ2n) is 7.18. The maximum Gasteiger partial charge on any atom is 0.271 e. The molecular formula is C19H20ClFN4O3. The number of benzene rings is 1. The molecule has 2 amide bonds. The summed E-state index contributed by atoms with van der Waals surface area (Å²) in [6.45, 7) is 3.06. The van der Waals surface area contributed by atoms with Crippen LogP contribution in [0.25, 0.3) is 0 Å². The van der Waals surface area contributed by atoms with Crippen LogP contribution in [0.15, 0.2) is 24.3 Å². The summed E-state index contributed by atoms with van der Waals surface area (Å²) in [5.74, 6) is -0.522. The van der Waals surface area contributed by atoms with Crippen molar-refractivity contribution in [3.05, 3.63) is 52.1 Å². The number of nitrogens with zero attached hydrogens (tertiary/aromatic N) is 2. The molecule has 2 N–H and O–H groups in total. The summed E-state index contributed by atoms with van der Waals surface area (Å²) in [5.41, 5.74) is 0.890. The van der Waals surface area contributed by atoms with Crippen molar-refractivity contribution in [2.75, 3.05) is 20.3 Å². The summed E-state index contributed by atoms with van der Waals surface area (Å²) in [4.78, 5) is 24.9. The number of fused-ring (bicyclic) bond motifs is 1. The van der Waals surface area contributed by atoms with Crippen LogP contribution >= 0.6 is 11.6 Å². The molecule has 2 heterocycles. The second-order valence-corrected chi connectivity index (χ2v) is 7.62. The van der Waals surface area contributed by atoms with Gasteiger partial charge in [0.05, 0.1) is 19.3 Å². The third-order valence-electron chi connectivity index (χ3n) is 5.41. The van der Waals surface area contributed by atoms with Crippen molar-refractivity contribution >= 4 is 23.4 Å². The lowest BCUT2D eigenvalue weighted by molar-refractivity contribution is 0.0915. The van der Waals surface area contributed by atoms with E-state index in [1.54, 1.807) is 13.0 Å². The normalized spacial score (nSPS) is 23.8. The van der Waals surface area contributed by atoms with Crippen LogP contribution in [0.4, 0.5) is 4.39 Å². The van der Waals surface area contributed by atoms with E-state index in [1.165, 1.54) is 29.9 Å². The summed E-state index contributed by atoms with van der Waals surface area (Å²) < 4.78 is 20.6. The zero-order valence-corrected chi connectivity index (χ0v) is 16.2. The second kappa shape index (κ2) is 7.18. The lowest BCUT2D eigenvalue weighted by Gasteiger charge is -2.17. The van der Waals surface area contributed by atoms with E-state index in [0.717, 1.165) is 0 Å². The summed E-state index contributed by atoms with van der Waals surface area (Å²) >= 11 is 5.97. The van der Waals surface area contributed by atoms with Crippen LogP contribution in [-0.2, 0) is 4.74 Å². The fraction of sp³-hybridized carbons (Fsp3) is 0.421. The molecule has 28 heavy (non-hydrogen) atoms. The molecule has 4 atom stereocenters. The van der Waals surface area contributed by atoms with Crippen molar-refractivity contribution in [3.63, 3.8) is 0 Å². The first-order valence-corrected chi connectivity index (χ1v) is 9.43. The maximum absolute atomic E-state index is 13.8. The number of aromatic nitrogens is 2. The van der Waals surface area contributed by atoms with Crippen LogP contribution in [0, 0.1) is 17.7 Å². The van der Waals surface area contributed by atoms with Crippen molar-refractivity contribution in [1.29, 1.82) is 0 Å². The van der Waals surface area contributed by atoms with Gasteiger partial charge in [0, 0.05) is 36.0 Å². The van der Waals surface area contributed by atoms with E-state index < -0.39 is 17.8 Å². The molecule has 2 fully saturated rings. The van der Waals surface area contributed by atoms with E-state index in [1.807, 2.05) is 0 Å². The Morgan fingerprint density at radius 2 is 1.96 bits per heavy atom. The highest BCUT2D eigenvalue weighted by Gasteiger charge is 2.55. The smallest absolute Gasteiger partial charge is 0.271 e. The van der Waals surface area contributed by atoms with E-state index >= 15 is 0 Å². The molecule has 4 rings (SSSR count). The number of nitrogens with one attached hydrogen (secondary N) is 2. The first-order valence-electron chi connectivity index (χ1n) is 9.05. The Morgan fingerprint density at radius 3 is 2.61 bits per heavy atom. The topological polar surface area (TPSA) is 85.3 Å². The lowest BCUT2D eigenvalue weighted by Crippen LogP contribution is -2.32. The van der Waals surface area contributed by atoms with E-state index in [0.29, 0.717) is 30.6 Å². The third kappa shape index (κ3) is 3.38. The minimum absolute atomic E-state index is 0.0759. The number of carbonyl (C=O) groups is 2. The van der Waals surface area contributed by atoms with Gasteiger partial charge < -0.3 is 15.4 Å². The molecule has 1 aromatic carbocycles. The fourth-order valence-electron chi connectivity index (χ4n) is 3.73. The molecular weight excluding hydrogens is 387 g/mol. The Kier molecular flexibility index (Phi) is 4.84. The predicted molar refractivity (Wildman–Crippen MR) is 99.9 cm³/mol. The molecule has 148 valence electrons. The lowest BCUT2D eigenvalue weighted by atomic mass is 10.1. The first kappa shape index (κ1) is 18.9. The Balaban J connectivity index is 1.65. The van der Waals surface area contributed by atoms with Gasteiger partial charge in [0.2, 0.25) is 0 Å². The Bertz CT molecular complexity index is 917. The number of amides is 2.